The van der Waals surface area contributed by atoms with E-state index >= 15 is 0 Å². The maximum atomic E-state index is 13.7. The van der Waals surface area contributed by atoms with Crippen LogP contribution in [0.15, 0.2) is 77.7 Å². The van der Waals surface area contributed by atoms with Crippen LogP contribution in [0, 0.1) is 11.6 Å². The molecule has 178 valence electrons. The van der Waals surface area contributed by atoms with Crippen LogP contribution in [0.3, 0.4) is 0 Å². The van der Waals surface area contributed by atoms with Crippen molar-refractivity contribution in [2.24, 2.45) is 0 Å². The quantitative estimate of drug-likeness (QED) is 0.557. The molecule has 3 aromatic carbocycles. The molecule has 4 rings (SSSR count). The number of nitrogens with one attached hydrogen (secondary N) is 1. The van der Waals surface area contributed by atoms with Crippen molar-refractivity contribution in [3.8, 4) is 0 Å². The number of nitrogens with zero attached hydrogens (tertiary/aromatic N) is 2. The fraction of sp³-hybridized carbons (Fsp3) is 0.240. The number of hydrogen-bond donors (Lipinski definition) is 1. The third-order valence-corrected chi connectivity index (χ3v) is 7.70. The average Bonchev–Trinajstić information content (AvgIpc) is 2.86. The molecule has 1 aliphatic heterocycles. The molecule has 0 radical (unpaired) electrons. The molecule has 0 atom stereocenters. The van der Waals surface area contributed by atoms with Crippen LogP contribution in [0.4, 0.5) is 14.5 Å². The van der Waals surface area contributed by atoms with Crippen molar-refractivity contribution >= 4 is 21.6 Å². The van der Waals surface area contributed by atoms with E-state index in [1.54, 1.807) is 36.4 Å². The minimum atomic E-state index is -3.78. The second-order valence-electron chi connectivity index (χ2n) is 7.99. The predicted octanol–water partition coefficient (Wildman–Crippen LogP) is 3.45. The Hall–Kier alpha value is -3.30. The van der Waals surface area contributed by atoms with Gasteiger partial charge in [0, 0.05) is 44.0 Å². The van der Waals surface area contributed by atoms with Gasteiger partial charge in [0.05, 0.1) is 4.90 Å². The lowest BCUT2D eigenvalue weighted by molar-refractivity contribution is 0.0954. The van der Waals surface area contributed by atoms with Gasteiger partial charge >= 0.3 is 0 Å². The maximum absolute atomic E-state index is 13.7. The summed E-state index contributed by atoms with van der Waals surface area (Å²) in [5.74, 6) is -1.07. The molecule has 1 fully saturated rings. The van der Waals surface area contributed by atoms with Crippen molar-refractivity contribution in [2.45, 2.75) is 11.3 Å². The Morgan fingerprint density at radius 1 is 0.882 bits per heavy atom. The van der Waals surface area contributed by atoms with Crippen LogP contribution in [0.1, 0.15) is 15.9 Å². The van der Waals surface area contributed by atoms with Gasteiger partial charge in [-0.1, -0.05) is 24.3 Å². The molecule has 6 nitrogen and oxygen atoms in total. The Balaban J connectivity index is 1.37. The summed E-state index contributed by atoms with van der Waals surface area (Å²) in [4.78, 5) is 14.6. The van der Waals surface area contributed by atoms with Gasteiger partial charge in [-0.05, 0) is 60.5 Å². The Bertz CT molecular complexity index is 1260. The Labute approximate surface area is 197 Å². The van der Waals surface area contributed by atoms with Gasteiger partial charge in [-0.2, -0.15) is 4.31 Å². The second-order valence-corrected chi connectivity index (χ2v) is 9.93. The van der Waals surface area contributed by atoms with E-state index in [1.165, 1.54) is 40.7 Å². The van der Waals surface area contributed by atoms with Gasteiger partial charge < -0.3 is 10.2 Å². The first-order valence-corrected chi connectivity index (χ1v) is 12.4. The molecule has 0 bridgehead atoms. The predicted molar refractivity (Wildman–Crippen MR) is 126 cm³/mol. The molecule has 0 saturated carbocycles. The summed E-state index contributed by atoms with van der Waals surface area (Å²) in [7, 11) is -3.78. The van der Waals surface area contributed by atoms with E-state index < -0.39 is 15.9 Å². The number of benzene rings is 3. The molecule has 0 aromatic heterocycles. The van der Waals surface area contributed by atoms with Gasteiger partial charge in [-0.3, -0.25) is 4.79 Å². The van der Waals surface area contributed by atoms with Crippen molar-refractivity contribution in [1.82, 2.24) is 9.62 Å². The van der Waals surface area contributed by atoms with Crippen LogP contribution in [-0.2, 0) is 16.4 Å². The van der Waals surface area contributed by atoms with E-state index in [0.717, 1.165) is 5.69 Å². The average molecular weight is 486 g/mol. The number of amides is 1. The van der Waals surface area contributed by atoms with E-state index in [0.29, 0.717) is 25.1 Å². The lowest BCUT2D eigenvalue weighted by Crippen LogP contribution is -2.48. The van der Waals surface area contributed by atoms with Crippen molar-refractivity contribution in [2.75, 3.05) is 37.6 Å². The molecular weight excluding hydrogens is 460 g/mol. The van der Waals surface area contributed by atoms with E-state index in [4.69, 9.17) is 0 Å². The zero-order valence-corrected chi connectivity index (χ0v) is 19.3. The third kappa shape index (κ3) is 5.43. The van der Waals surface area contributed by atoms with Crippen LogP contribution in [0.5, 0.6) is 0 Å². The van der Waals surface area contributed by atoms with Crippen molar-refractivity contribution < 1.29 is 22.0 Å². The molecule has 3 aromatic rings. The number of piperazine rings is 1. The molecule has 1 N–H and O–H groups in total. The number of hydrogen-bond acceptors (Lipinski definition) is 4. The number of carbonyl (C=O) groups is 1. The summed E-state index contributed by atoms with van der Waals surface area (Å²) < 4.78 is 54.6. The first-order chi connectivity index (χ1) is 16.3. The minimum Gasteiger partial charge on any atom is -0.369 e. The van der Waals surface area contributed by atoms with E-state index in [9.17, 15) is 22.0 Å². The molecule has 0 spiro atoms. The zero-order valence-electron chi connectivity index (χ0n) is 18.5. The fourth-order valence-corrected chi connectivity index (χ4v) is 5.37. The monoisotopic (exact) mass is 485 g/mol. The SMILES string of the molecule is O=C(NCCc1ccccc1F)c1cccc(S(=O)(=O)N2CCN(c3ccc(F)cc3)CC2)c1. The highest BCUT2D eigenvalue weighted by atomic mass is 32.2. The molecule has 0 aliphatic carbocycles. The standard InChI is InChI=1S/C25H25F2N3O3S/c26-21-8-10-22(11-9-21)29-14-16-30(17-15-29)34(32,33)23-6-3-5-20(18-23)25(31)28-13-12-19-4-1-2-7-24(19)27/h1-11,18H,12-17H2,(H,28,31). The third-order valence-electron chi connectivity index (χ3n) is 5.80. The Morgan fingerprint density at radius 2 is 1.59 bits per heavy atom. The molecule has 9 heteroatoms. The van der Waals surface area contributed by atoms with Crippen LogP contribution >= 0.6 is 0 Å². The normalized spacial score (nSPS) is 14.7. The zero-order chi connectivity index (χ0) is 24.1. The lowest BCUT2D eigenvalue weighted by atomic mass is 10.1. The summed E-state index contributed by atoms with van der Waals surface area (Å²) in [6, 6.07) is 18.4. The van der Waals surface area contributed by atoms with E-state index in [1.807, 2.05) is 4.90 Å². The van der Waals surface area contributed by atoms with Crippen molar-refractivity contribution in [1.29, 1.82) is 0 Å². The lowest BCUT2D eigenvalue weighted by Gasteiger charge is -2.35. The van der Waals surface area contributed by atoms with Gasteiger partial charge in [-0.25, -0.2) is 17.2 Å². The van der Waals surface area contributed by atoms with Gasteiger partial charge in [0.1, 0.15) is 11.6 Å². The highest BCUT2D eigenvalue weighted by Crippen LogP contribution is 2.22. The minimum absolute atomic E-state index is 0.0458. The Morgan fingerprint density at radius 3 is 2.29 bits per heavy atom. The van der Waals surface area contributed by atoms with Crippen LogP contribution in [0.2, 0.25) is 0 Å². The summed E-state index contributed by atoms with van der Waals surface area (Å²) in [6.45, 7) is 1.72. The van der Waals surface area contributed by atoms with Crippen molar-refractivity contribution in [3.05, 3.63) is 95.6 Å². The number of sulfonamides is 1. The highest BCUT2D eigenvalue weighted by molar-refractivity contribution is 7.89. The van der Waals surface area contributed by atoms with E-state index in [-0.39, 0.29) is 41.7 Å². The maximum Gasteiger partial charge on any atom is 0.251 e. The van der Waals surface area contributed by atoms with Crippen molar-refractivity contribution in [3.63, 3.8) is 0 Å². The van der Waals surface area contributed by atoms with Crippen LogP contribution in [0.25, 0.3) is 0 Å². The van der Waals surface area contributed by atoms with Crippen LogP contribution in [-0.4, -0.2) is 51.4 Å². The van der Waals surface area contributed by atoms with Gasteiger partial charge in [-0.15, -0.1) is 0 Å². The largest absolute Gasteiger partial charge is 0.369 e. The molecule has 34 heavy (non-hydrogen) atoms. The number of rotatable bonds is 7. The van der Waals surface area contributed by atoms with Crippen LogP contribution < -0.4 is 10.2 Å². The first-order valence-electron chi connectivity index (χ1n) is 11.0. The van der Waals surface area contributed by atoms with E-state index in [2.05, 4.69) is 5.32 Å². The highest BCUT2D eigenvalue weighted by Gasteiger charge is 2.29. The first kappa shape index (κ1) is 23.8. The summed E-state index contributed by atoms with van der Waals surface area (Å²) >= 11 is 0. The molecule has 1 aliphatic rings. The molecule has 1 saturated heterocycles. The summed E-state index contributed by atoms with van der Waals surface area (Å²) in [5, 5.41) is 2.71. The smallest absolute Gasteiger partial charge is 0.251 e. The number of halogens is 2. The van der Waals surface area contributed by atoms with Gasteiger partial charge in [0.15, 0.2) is 0 Å². The number of carbonyl (C=O) groups excluding carboxylic acids is 1. The molecule has 0 unspecified atom stereocenters. The molecular formula is C25H25F2N3O3S. The summed E-state index contributed by atoms with van der Waals surface area (Å²) in [6.07, 6.45) is 0.328. The van der Waals surface area contributed by atoms with Gasteiger partial charge in [0.2, 0.25) is 10.0 Å². The molecule has 1 heterocycles. The Kier molecular flexibility index (Phi) is 7.23. The fourth-order valence-electron chi connectivity index (χ4n) is 3.90. The molecule has 1 amide bonds. The van der Waals surface area contributed by atoms with Gasteiger partial charge in [0.25, 0.3) is 5.91 Å². The topological polar surface area (TPSA) is 69.7 Å². The second kappa shape index (κ2) is 10.3. The summed E-state index contributed by atoms with van der Waals surface area (Å²) in [5.41, 5.74) is 1.56. The number of anilines is 1.